The van der Waals surface area contributed by atoms with Gasteiger partial charge in [-0.25, -0.2) is 4.79 Å². The molecule has 8 nitrogen and oxygen atoms in total. The molecule has 0 bridgehead atoms. The number of aromatic nitrogens is 1. The normalized spacial score (nSPS) is 10.4. The van der Waals surface area contributed by atoms with Gasteiger partial charge in [-0.3, -0.25) is 25.2 Å². The molecule has 0 saturated heterocycles. The quantitative estimate of drug-likeness (QED) is 0.531. The Hall–Kier alpha value is -3.68. The molecule has 1 aromatic carbocycles. The molecular weight excluding hydrogens is 326 g/mol. The molecule has 2 amide bonds. The van der Waals surface area contributed by atoms with Gasteiger partial charge in [-0.05, 0) is 18.2 Å². The second kappa shape index (κ2) is 6.83. The van der Waals surface area contributed by atoms with E-state index in [1.54, 1.807) is 36.4 Å². The summed E-state index contributed by atoms with van der Waals surface area (Å²) in [4.78, 5) is 47.3. The Morgan fingerprint density at radius 2 is 1.76 bits per heavy atom. The Morgan fingerprint density at radius 3 is 2.56 bits per heavy atom. The number of hydrogen-bond donors (Lipinski definition) is 2. The second-order valence-electron chi connectivity index (χ2n) is 5.15. The second-order valence-corrected chi connectivity index (χ2v) is 5.15. The van der Waals surface area contributed by atoms with E-state index in [0.29, 0.717) is 11.0 Å². The highest BCUT2D eigenvalue weighted by atomic mass is 16.4. The zero-order valence-corrected chi connectivity index (χ0v) is 12.9. The summed E-state index contributed by atoms with van der Waals surface area (Å²) in [5.41, 5.74) is 3.24. The highest BCUT2D eigenvalue weighted by Gasteiger charge is 2.14. The number of hydrazine groups is 1. The third-order valence-electron chi connectivity index (χ3n) is 3.41. The Balaban J connectivity index is 1.69. The standard InChI is InChI=1S/C17H13N3O5/c21-14(10-20-8-4-3-7-15(20)22)18-19-16(23)12-9-11-5-1-2-6-13(11)25-17(12)24/h1-9H,10H2,(H,18,21)(H,19,23). The van der Waals surface area contributed by atoms with Crippen LogP contribution in [0.3, 0.4) is 0 Å². The van der Waals surface area contributed by atoms with E-state index >= 15 is 0 Å². The van der Waals surface area contributed by atoms with E-state index in [9.17, 15) is 19.2 Å². The minimum atomic E-state index is -0.815. The van der Waals surface area contributed by atoms with Crippen molar-refractivity contribution in [2.75, 3.05) is 0 Å². The van der Waals surface area contributed by atoms with Gasteiger partial charge in [0, 0.05) is 17.6 Å². The number of carbonyl (C=O) groups excluding carboxylic acids is 2. The van der Waals surface area contributed by atoms with Crippen molar-refractivity contribution < 1.29 is 14.0 Å². The fourth-order valence-corrected chi connectivity index (χ4v) is 2.20. The number of rotatable bonds is 3. The van der Waals surface area contributed by atoms with E-state index in [1.165, 1.54) is 22.9 Å². The lowest BCUT2D eigenvalue weighted by Crippen LogP contribution is -2.45. The van der Waals surface area contributed by atoms with Gasteiger partial charge in [-0.1, -0.05) is 24.3 Å². The van der Waals surface area contributed by atoms with E-state index in [2.05, 4.69) is 10.9 Å². The summed E-state index contributed by atoms with van der Waals surface area (Å²) in [6.07, 6.45) is 1.45. The zero-order valence-electron chi connectivity index (χ0n) is 12.9. The molecule has 0 saturated carbocycles. The van der Waals surface area contributed by atoms with Crippen molar-refractivity contribution in [1.29, 1.82) is 0 Å². The van der Waals surface area contributed by atoms with Gasteiger partial charge < -0.3 is 8.98 Å². The third-order valence-corrected chi connectivity index (χ3v) is 3.41. The van der Waals surface area contributed by atoms with Crippen molar-refractivity contribution in [1.82, 2.24) is 15.4 Å². The van der Waals surface area contributed by atoms with Crippen LogP contribution in [0.1, 0.15) is 10.4 Å². The molecule has 2 aromatic heterocycles. The molecule has 126 valence electrons. The van der Waals surface area contributed by atoms with Gasteiger partial charge in [0.1, 0.15) is 17.7 Å². The first-order valence-corrected chi connectivity index (χ1v) is 7.32. The molecule has 0 radical (unpaired) electrons. The molecule has 0 aliphatic rings. The van der Waals surface area contributed by atoms with Gasteiger partial charge >= 0.3 is 5.63 Å². The minimum absolute atomic E-state index is 0.240. The third kappa shape index (κ3) is 3.63. The van der Waals surface area contributed by atoms with Gasteiger partial charge in [-0.2, -0.15) is 0 Å². The maximum Gasteiger partial charge on any atom is 0.349 e. The van der Waals surface area contributed by atoms with Crippen molar-refractivity contribution in [3.05, 3.63) is 81.1 Å². The molecule has 0 aliphatic heterocycles. The topological polar surface area (TPSA) is 110 Å². The van der Waals surface area contributed by atoms with Crippen LogP contribution in [-0.4, -0.2) is 16.4 Å². The van der Waals surface area contributed by atoms with Crippen LogP contribution in [0.2, 0.25) is 0 Å². The maximum absolute atomic E-state index is 12.1. The highest BCUT2D eigenvalue weighted by molar-refractivity contribution is 5.97. The number of hydrogen-bond acceptors (Lipinski definition) is 5. The number of nitrogens with one attached hydrogen (secondary N) is 2. The molecule has 0 fully saturated rings. The Bertz CT molecular complexity index is 1070. The summed E-state index contributed by atoms with van der Waals surface area (Å²) in [7, 11) is 0. The molecule has 0 atom stereocenters. The van der Waals surface area contributed by atoms with Gasteiger partial charge in [0.05, 0.1) is 0 Å². The number of benzene rings is 1. The summed E-state index contributed by atoms with van der Waals surface area (Å²) >= 11 is 0. The predicted molar refractivity (Wildman–Crippen MR) is 88.8 cm³/mol. The van der Waals surface area contributed by atoms with Crippen LogP contribution in [0.25, 0.3) is 11.0 Å². The fraction of sp³-hybridized carbons (Fsp3) is 0.0588. The van der Waals surface area contributed by atoms with E-state index < -0.39 is 17.4 Å². The van der Waals surface area contributed by atoms with Crippen LogP contribution < -0.4 is 22.0 Å². The van der Waals surface area contributed by atoms with E-state index in [-0.39, 0.29) is 17.7 Å². The first-order valence-electron chi connectivity index (χ1n) is 7.32. The van der Waals surface area contributed by atoms with Gasteiger partial charge in [-0.15, -0.1) is 0 Å². The van der Waals surface area contributed by atoms with Crippen molar-refractivity contribution in [3.63, 3.8) is 0 Å². The molecule has 25 heavy (non-hydrogen) atoms. The van der Waals surface area contributed by atoms with Crippen molar-refractivity contribution in [2.24, 2.45) is 0 Å². The Kier molecular flexibility index (Phi) is 4.42. The summed E-state index contributed by atoms with van der Waals surface area (Å²) in [5, 5.41) is 0.578. The van der Waals surface area contributed by atoms with Crippen molar-refractivity contribution >= 4 is 22.8 Å². The van der Waals surface area contributed by atoms with E-state index in [4.69, 9.17) is 4.42 Å². The lowest BCUT2D eigenvalue weighted by Gasteiger charge is -2.08. The summed E-state index contributed by atoms with van der Waals surface area (Å²) in [6.45, 7) is -0.272. The zero-order chi connectivity index (χ0) is 17.8. The van der Waals surface area contributed by atoms with Gasteiger partial charge in [0.25, 0.3) is 17.4 Å². The predicted octanol–water partition coefficient (Wildman–Crippen LogP) is 0.416. The van der Waals surface area contributed by atoms with Crippen LogP contribution in [-0.2, 0) is 11.3 Å². The summed E-state index contributed by atoms with van der Waals surface area (Å²) < 4.78 is 6.23. The maximum atomic E-state index is 12.1. The molecule has 0 spiro atoms. The van der Waals surface area contributed by atoms with E-state index in [1.807, 2.05) is 0 Å². The number of amides is 2. The minimum Gasteiger partial charge on any atom is -0.422 e. The average molecular weight is 339 g/mol. The van der Waals surface area contributed by atoms with Crippen LogP contribution in [0, 0.1) is 0 Å². The number of para-hydroxylation sites is 1. The van der Waals surface area contributed by atoms with Crippen LogP contribution in [0.15, 0.2) is 68.7 Å². The van der Waals surface area contributed by atoms with Gasteiger partial charge in [0.15, 0.2) is 0 Å². The van der Waals surface area contributed by atoms with Crippen LogP contribution in [0.4, 0.5) is 0 Å². The molecule has 2 N–H and O–H groups in total. The monoisotopic (exact) mass is 339 g/mol. The number of nitrogens with zero attached hydrogens (tertiary/aromatic N) is 1. The molecule has 0 aliphatic carbocycles. The summed E-state index contributed by atoms with van der Waals surface area (Å²) in [6, 6.07) is 12.6. The molecule has 8 heteroatoms. The Labute approximate surface area is 140 Å². The SMILES string of the molecule is O=C(Cn1ccccc1=O)NNC(=O)c1cc2ccccc2oc1=O. The lowest BCUT2D eigenvalue weighted by atomic mass is 10.2. The molecule has 0 unspecified atom stereocenters. The molecule has 3 rings (SSSR count). The molecular formula is C17H13N3O5. The van der Waals surface area contributed by atoms with Crippen molar-refractivity contribution in [2.45, 2.75) is 6.54 Å². The van der Waals surface area contributed by atoms with Gasteiger partial charge in [0.2, 0.25) is 0 Å². The van der Waals surface area contributed by atoms with E-state index in [0.717, 1.165) is 0 Å². The molecule has 3 aromatic rings. The first kappa shape index (κ1) is 16.2. The van der Waals surface area contributed by atoms with Crippen LogP contribution >= 0.6 is 0 Å². The first-order chi connectivity index (χ1) is 12.0. The number of pyridine rings is 1. The smallest absolute Gasteiger partial charge is 0.349 e. The molecule has 2 heterocycles. The lowest BCUT2D eigenvalue weighted by molar-refractivity contribution is -0.122. The van der Waals surface area contributed by atoms with Crippen LogP contribution in [0.5, 0.6) is 0 Å². The number of carbonyl (C=O) groups is 2. The fourth-order valence-electron chi connectivity index (χ4n) is 2.20. The number of fused-ring (bicyclic) bond motifs is 1. The van der Waals surface area contributed by atoms with Crippen molar-refractivity contribution in [3.8, 4) is 0 Å². The summed E-state index contributed by atoms with van der Waals surface area (Å²) in [5.74, 6) is -1.43. The average Bonchev–Trinajstić information content (AvgIpc) is 2.61. The largest absolute Gasteiger partial charge is 0.422 e. The highest BCUT2D eigenvalue weighted by Crippen LogP contribution is 2.12. The Morgan fingerprint density at radius 1 is 1.00 bits per heavy atom.